The van der Waals surface area contributed by atoms with E-state index in [2.05, 4.69) is 31.9 Å². The molecule has 0 radical (unpaired) electrons. The van der Waals surface area contributed by atoms with Gasteiger partial charge in [0.05, 0.1) is 15.4 Å². The van der Waals surface area contributed by atoms with E-state index in [1.807, 2.05) is 30.3 Å². The van der Waals surface area contributed by atoms with Crippen LogP contribution >= 0.6 is 43.2 Å². The summed E-state index contributed by atoms with van der Waals surface area (Å²) in [6.07, 6.45) is 0. The molecule has 0 spiro atoms. The predicted octanol–water partition coefficient (Wildman–Crippen LogP) is 4.86. The number of halogens is 2. The van der Waals surface area contributed by atoms with E-state index >= 15 is 0 Å². The van der Waals surface area contributed by atoms with Gasteiger partial charge in [0.1, 0.15) is 18.1 Å². The zero-order chi connectivity index (χ0) is 12.3. The van der Waals surface area contributed by atoms with Crippen molar-refractivity contribution < 1.29 is 9.47 Å². The fourth-order valence-electron chi connectivity index (χ4n) is 1.30. The smallest absolute Gasteiger partial charge is 0.134 e. The summed E-state index contributed by atoms with van der Waals surface area (Å²) in [6.45, 7) is 0.571. The Labute approximate surface area is 121 Å². The summed E-state index contributed by atoms with van der Waals surface area (Å²) in [5.74, 6) is 1.62. The second kappa shape index (κ2) is 5.89. The molecule has 0 bridgehead atoms. The van der Waals surface area contributed by atoms with E-state index in [0.29, 0.717) is 6.61 Å². The largest absolute Gasteiger partial charge is 0.497 e. The maximum atomic E-state index is 5.72. The van der Waals surface area contributed by atoms with Gasteiger partial charge >= 0.3 is 0 Å². The van der Waals surface area contributed by atoms with Gasteiger partial charge in [-0.15, -0.1) is 11.3 Å². The molecule has 0 aliphatic carbocycles. The molecule has 0 N–H and O–H groups in total. The van der Waals surface area contributed by atoms with Crippen LogP contribution in [0, 0.1) is 0 Å². The highest BCUT2D eigenvalue weighted by Gasteiger charge is 2.04. The Morgan fingerprint density at radius 2 is 2.00 bits per heavy atom. The Morgan fingerprint density at radius 1 is 1.18 bits per heavy atom. The van der Waals surface area contributed by atoms with Crippen molar-refractivity contribution in [3.63, 3.8) is 0 Å². The van der Waals surface area contributed by atoms with Gasteiger partial charge in [0.15, 0.2) is 0 Å². The van der Waals surface area contributed by atoms with Gasteiger partial charge in [0, 0.05) is 4.88 Å². The van der Waals surface area contributed by atoms with E-state index < -0.39 is 0 Å². The minimum atomic E-state index is 0.571. The van der Waals surface area contributed by atoms with Crippen LogP contribution in [0.1, 0.15) is 4.88 Å². The van der Waals surface area contributed by atoms with Gasteiger partial charge in [-0.1, -0.05) is 0 Å². The lowest BCUT2D eigenvalue weighted by Crippen LogP contribution is -1.94. The zero-order valence-electron chi connectivity index (χ0n) is 9.07. The zero-order valence-corrected chi connectivity index (χ0v) is 13.1. The second-order valence-electron chi connectivity index (χ2n) is 3.29. The highest BCUT2D eigenvalue weighted by atomic mass is 79.9. The van der Waals surface area contributed by atoms with E-state index in [0.717, 1.165) is 19.8 Å². The van der Waals surface area contributed by atoms with Gasteiger partial charge in [0.2, 0.25) is 0 Å². The van der Waals surface area contributed by atoms with Gasteiger partial charge < -0.3 is 9.47 Å². The van der Waals surface area contributed by atoms with Crippen molar-refractivity contribution in [3.05, 3.63) is 43.5 Å². The molecule has 2 aromatic rings. The molecule has 0 unspecified atom stereocenters. The first-order chi connectivity index (χ1) is 8.19. The fourth-order valence-corrected chi connectivity index (χ4v) is 3.17. The molecule has 2 rings (SSSR count). The monoisotopic (exact) mass is 376 g/mol. The number of methoxy groups -OCH3 is 1. The molecule has 1 heterocycles. The van der Waals surface area contributed by atoms with Crippen LogP contribution in [0.15, 0.2) is 38.6 Å². The minimum Gasteiger partial charge on any atom is -0.497 e. The molecule has 0 amide bonds. The van der Waals surface area contributed by atoms with E-state index in [-0.39, 0.29) is 0 Å². The number of rotatable bonds is 4. The standard InChI is InChI=1S/C12H10Br2O2S/c1-15-8-2-4-11(10(13)6-8)16-7-9-3-5-12(14)17-9/h2-6H,7H2,1H3. The molecule has 0 fully saturated rings. The fraction of sp³-hybridized carbons (Fsp3) is 0.167. The molecule has 1 aromatic carbocycles. The molecule has 0 aliphatic rings. The molecular formula is C12H10Br2O2S. The van der Waals surface area contributed by atoms with Gasteiger partial charge in [-0.05, 0) is 62.2 Å². The van der Waals surface area contributed by atoms with Crippen LogP contribution in [-0.2, 0) is 6.61 Å². The van der Waals surface area contributed by atoms with Crippen LogP contribution < -0.4 is 9.47 Å². The molecule has 0 atom stereocenters. The Bertz CT molecular complexity index is 511. The van der Waals surface area contributed by atoms with E-state index in [1.54, 1.807) is 18.4 Å². The van der Waals surface area contributed by atoms with Crippen LogP contribution in [0.2, 0.25) is 0 Å². The van der Waals surface area contributed by atoms with Gasteiger partial charge in [-0.2, -0.15) is 0 Å². The highest BCUT2D eigenvalue weighted by Crippen LogP contribution is 2.30. The molecule has 90 valence electrons. The molecular weight excluding hydrogens is 368 g/mol. The topological polar surface area (TPSA) is 18.5 Å². The summed E-state index contributed by atoms with van der Waals surface area (Å²) in [5, 5.41) is 0. The average molecular weight is 378 g/mol. The summed E-state index contributed by atoms with van der Waals surface area (Å²) >= 11 is 8.56. The maximum absolute atomic E-state index is 5.72. The third-order valence-electron chi connectivity index (χ3n) is 2.14. The van der Waals surface area contributed by atoms with Crippen molar-refractivity contribution in [1.82, 2.24) is 0 Å². The quantitative estimate of drug-likeness (QED) is 0.757. The number of hydrogen-bond acceptors (Lipinski definition) is 3. The summed E-state index contributed by atoms with van der Waals surface area (Å²) in [7, 11) is 1.64. The Morgan fingerprint density at radius 3 is 2.59 bits per heavy atom. The number of benzene rings is 1. The molecule has 5 heteroatoms. The lowest BCUT2D eigenvalue weighted by molar-refractivity contribution is 0.307. The normalized spacial score (nSPS) is 10.3. The van der Waals surface area contributed by atoms with Gasteiger partial charge in [-0.25, -0.2) is 0 Å². The predicted molar refractivity (Wildman–Crippen MR) is 77.0 cm³/mol. The summed E-state index contributed by atoms with van der Waals surface area (Å²) < 4.78 is 12.9. The lowest BCUT2D eigenvalue weighted by atomic mass is 10.3. The van der Waals surface area contributed by atoms with Crippen molar-refractivity contribution >= 4 is 43.2 Å². The Hall–Kier alpha value is -0.520. The van der Waals surface area contributed by atoms with Crippen LogP contribution in [-0.4, -0.2) is 7.11 Å². The van der Waals surface area contributed by atoms with Crippen LogP contribution in [0.5, 0.6) is 11.5 Å². The number of hydrogen-bond donors (Lipinski definition) is 0. The molecule has 17 heavy (non-hydrogen) atoms. The van der Waals surface area contributed by atoms with Crippen molar-refractivity contribution in [1.29, 1.82) is 0 Å². The molecule has 1 aromatic heterocycles. The van der Waals surface area contributed by atoms with Crippen LogP contribution in [0.25, 0.3) is 0 Å². The first-order valence-corrected chi connectivity index (χ1v) is 7.30. The Balaban J connectivity index is 2.04. The minimum absolute atomic E-state index is 0.571. The first-order valence-electron chi connectivity index (χ1n) is 4.89. The first kappa shape index (κ1) is 12.9. The average Bonchev–Trinajstić information content (AvgIpc) is 2.73. The van der Waals surface area contributed by atoms with E-state index in [1.165, 1.54) is 4.88 Å². The van der Waals surface area contributed by atoms with Crippen LogP contribution in [0.3, 0.4) is 0 Å². The third-order valence-corrected chi connectivity index (χ3v) is 4.35. The summed E-state index contributed by atoms with van der Waals surface area (Å²) in [6, 6.07) is 9.73. The van der Waals surface area contributed by atoms with Crippen LogP contribution in [0.4, 0.5) is 0 Å². The lowest BCUT2D eigenvalue weighted by Gasteiger charge is -2.08. The van der Waals surface area contributed by atoms with Gasteiger partial charge in [0.25, 0.3) is 0 Å². The van der Waals surface area contributed by atoms with Crippen molar-refractivity contribution in [2.24, 2.45) is 0 Å². The molecule has 0 saturated carbocycles. The van der Waals surface area contributed by atoms with Gasteiger partial charge in [-0.3, -0.25) is 0 Å². The highest BCUT2D eigenvalue weighted by molar-refractivity contribution is 9.11. The maximum Gasteiger partial charge on any atom is 0.134 e. The number of thiophene rings is 1. The van der Waals surface area contributed by atoms with Crippen molar-refractivity contribution in [3.8, 4) is 11.5 Å². The van der Waals surface area contributed by atoms with Crippen molar-refractivity contribution in [2.45, 2.75) is 6.61 Å². The molecule has 0 aliphatic heterocycles. The second-order valence-corrected chi connectivity index (χ2v) is 6.69. The number of ether oxygens (including phenoxy) is 2. The van der Waals surface area contributed by atoms with E-state index in [4.69, 9.17) is 9.47 Å². The SMILES string of the molecule is COc1ccc(OCc2ccc(Br)s2)c(Br)c1. The van der Waals surface area contributed by atoms with E-state index in [9.17, 15) is 0 Å². The Kier molecular flexibility index (Phi) is 4.48. The van der Waals surface area contributed by atoms with Crippen molar-refractivity contribution in [2.75, 3.05) is 7.11 Å². The molecule has 0 saturated heterocycles. The summed E-state index contributed by atoms with van der Waals surface area (Å²) in [4.78, 5) is 1.18. The summed E-state index contributed by atoms with van der Waals surface area (Å²) in [5.41, 5.74) is 0. The third kappa shape index (κ3) is 3.47. The molecule has 2 nitrogen and oxygen atoms in total.